The number of rotatable bonds is 6. The van der Waals surface area contributed by atoms with Crippen LogP contribution in [0.5, 0.6) is 0 Å². The summed E-state index contributed by atoms with van der Waals surface area (Å²) in [4.78, 5) is 10.8. The molecule has 0 rings (SSSR count). The summed E-state index contributed by atoms with van der Waals surface area (Å²) < 4.78 is 29.0. The van der Waals surface area contributed by atoms with Crippen molar-refractivity contribution >= 4 is 16.0 Å². The van der Waals surface area contributed by atoms with Gasteiger partial charge in [-0.25, -0.2) is 8.42 Å². The van der Waals surface area contributed by atoms with Crippen molar-refractivity contribution < 1.29 is 23.1 Å². The van der Waals surface area contributed by atoms with Gasteiger partial charge in [0.1, 0.15) is 0 Å². The van der Waals surface area contributed by atoms with E-state index in [1.807, 2.05) is 0 Å². The fraction of sp³-hybridized carbons (Fsp3) is 0.889. The molecule has 0 aliphatic heterocycles. The predicted molar refractivity (Wildman–Crippen MR) is 59.3 cm³/mol. The number of carbonyl (C=O) groups is 1. The van der Waals surface area contributed by atoms with Gasteiger partial charge in [-0.3, -0.25) is 4.79 Å². The molecule has 0 aromatic heterocycles. The van der Waals surface area contributed by atoms with E-state index in [1.165, 1.54) is 14.2 Å². The first-order valence-electron chi connectivity index (χ1n) is 4.82. The molecular formula is C9H19NO5S. The number of hydrogen-bond acceptors (Lipinski definition) is 5. The minimum Gasteiger partial charge on any atom is -0.469 e. The Morgan fingerprint density at radius 1 is 1.44 bits per heavy atom. The molecule has 0 unspecified atom stereocenters. The molecule has 0 fully saturated rings. The summed E-state index contributed by atoms with van der Waals surface area (Å²) in [5, 5.41) is 9.05. The van der Waals surface area contributed by atoms with Gasteiger partial charge >= 0.3 is 5.97 Å². The molecule has 0 atom stereocenters. The smallest absolute Gasteiger partial charge is 0.306 e. The average molecular weight is 253 g/mol. The van der Waals surface area contributed by atoms with Gasteiger partial charge in [-0.15, -0.1) is 0 Å². The zero-order valence-corrected chi connectivity index (χ0v) is 10.9. The zero-order chi connectivity index (χ0) is 13.0. The molecule has 0 saturated heterocycles. The van der Waals surface area contributed by atoms with Crippen LogP contribution in [-0.2, 0) is 19.6 Å². The minimum absolute atomic E-state index is 0.190. The highest BCUT2D eigenvalue weighted by Gasteiger charge is 2.32. The number of carbonyl (C=O) groups excluding carboxylic acids is 1. The Balaban J connectivity index is 4.62. The van der Waals surface area contributed by atoms with Crippen LogP contribution in [0.2, 0.25) is 0 Å². The van der Waals surface area contributed by atoms with E-state index < -0.39 is 21.5 Å². The monoisotopic (exact) mass is 253 g/mol. The molecule has 0 radical (unpaired) electrons. The summed E-state index contributed by atoms with van der Waals surface area (Å²) in [6.45, 7) is 2.91. The lowest BCUT2D eigenvalue weighted by Crippen LogP contribution is -2.48. The topological polar surface area (TPSA) is 83.9 Å². The van der Waals surface area contributed by atoms with Gasteiger partial charge in [-0.05, 0) is 13.8 Å². The Labute approximate surface area is 96.2 Å². The highest BCUT2D eigenvalue weighted by atomic mass is 32.2. The van der Waals surface area contributed by atoms with Crippen LogP contribution < -0.4 is 0 Å². The second-order valence-electron chi connectivity index (χ2n) is 4.08. The number of esters is 1. The Morgan fingerprint density at radius 2 is 1.94 bits per heavy atom. The molecule has 96 valence electrons. The van der Waals surface area contributed by atoms with E-state index in [9.17, 15) is 13.2 Å². The number of aliphatic hydroxyl groups is 1. The normalized spacial score (nSPS) is 12.9. The SMILES string of the molecule is COC(=O)CCS(=O)(=O)N(C)C(C)(C)CO. The van der Waals surface area contributed by atoms with Gasteiger partial charge in [-0.1, -0.05) is 0 Å². The summed E-state index contributed by atoms with van der Waals surface area (Å²) in [6, 6.07) is 0. The first-order valence-corrected chi connectivity index (χ1v) is 6.42. The van der Waals surface area contributed by atoms with E-state index >= 15 is 0 Å². The van der Waals surface area contributed by atoms with E-state index in [0.29, 0.717) is 0 Å². The van der Waals surface area contributed by atoms with E-state index in [2.05, 4.69) is 4.74 Å². The van der Waals surface area contributed by atoms with E-state index in [0.717, 1.165) is 4.31 Å². The van der Waals surface area contributed by atoms with E-state index in [-0.39, 0.29) is 18.8 Å². The third-order valence-electron chi connectivity index (χ3n) is 2.45. The van der Waals surface area contributed by atoms with Gasteiger partial charge in [0.05, 0.1) is 31.4 Å². The van der Waals surface area contributed by atoms with Crippen molar-refractivity contribution in [3.63, 3.8) is 0 Å². The van der Waals surface area contributed by atoms with Gasteiger partial charge < -0.3 is 9.84 Å². The Hall–Kier alpha value is -0.660. The van der Waals surface area contributed by atoms with Crippen molar-refractivity contribution in [2.45, 2.75) is 25.8 Å². The van der Waals surface area contributed by atoms with Gasteiger partial charge in [0, 0.05) is 7.05 Å². The molecule has 6 nitrogen and oxygen atoms in total. The maximum absolute atomic E-state index is 11.8. The van der Waals surface area contributed by atoms with Crippen LogP contribution in [0.25, 0.3) is 0 Å². The summed E-state index contributed by atoms with van der Waals surface area (Å²) in [6.07, 6.45) is -0.190. The number of nitrogens with zero attached hydrogens (tertiary/aromatic N) is 1. The standard InChI is InChI=1S/C9H19NO5S/c1-9(2,7-11)10(3)16(13,14)6-5-8(12)15-4/h11H,5-7H2,1-4H3. The summed E-state index contributed by atoms with van der Waals surface area (Å²) in [5.74, 6) is -0.890. The maximum Gasteiger partial charge on any atom is 0.306 e. The lowest BCUT2D eigenvalue weighted by molar-refractivity contribution is -0.140. The highest BCUT2D eigenvalue weighted by molar-refractivity contribution is 7.89. The molecule has 16 heavy (non-hydrogen) atoms. The molecule has 0 aromatic rings. The number of methoxy groups -OCH3 is 1. The van der Waals surface area contributed by atoms with Crippen molar-refractivity contribution in [2.75, 3.05) is 26.5 Å². The third-order valence-corrected chi connectivity index (χ3v) is 4.50. The molecule has 7 heteroatoms. The van der Waals surface area contributed by atoms with Crippen molar-refractivity contribution in [2.24, 2.45) is 0 Å². The van der Waals surface area contributed by atoms with Gasteiger partial charge in [0.2, 0.25) is 10.0 Å². The van der Waals surface area contributed by atoms with E-state index in [1.54, 1.807) is 13.8 Å². The molecule has 0 amide bonds. The maximum atomic E-state index is 11.8. The van der Waals surface area contributed by atoms with E-state index in [4.69, 9.17) is 5.11 Å². The van der Waals surface area contributed by atoms with Crippen molar-refractivity contribution in [1.29, 1.82) is 0 Å². The van der Waals surface area contributed by atoms with Crippen molar-refractivity contribution in [3.8, 4) is 0 Å². The molecule has 0 saturated carbocycles. The molecule has 0 aliphatic rings. The second-order valence-corrected chi connectivity index (χ2v) is 6.20. The first-order chi connectivity index (χ1) is 7.17. The molecule has 0 heterocycles. The van der Waals surface area contributed by atoms with Gasteiger partial charge in [-0.2, -0.15) is 4.31 Å². The number of sulfonamides is 1. The molecule has 0 aliphatic carbocycles. The number of aliphatic hydroxyl groups excluding tert-OH is 1. The number of ether oxygens (including phenoxy) is 1. The summed E-state index contributed by atoms with van der Waals surface area (Å²) in [7, 11) is -0.980. The average Bonchev–Trinajstić information content (AvgIpc) is 2.24. The Kier molecular flexibility index (Phi) is 5.37. The predicted octanol–water partition coefficient (Wildman–Crippen LogP) is -0.418. The number of hydrogen-bond donors (Lipinski definition) is 1. The second kappa shape index (κ2) is 5.60. The van der Waals surface area contributed by atoms with Crippen molar-refractivity contribution in [3.05, 3.63) is 0 Å². The number of likely N-dealkylation sites (N-methyl/N-ethyl adjacent to an activating group) is 1. The molecule has 0 aromatic carbocycles. The van der Waals surface area contributed by atoms with Crippen LogP contribution in [0.4, 0.5) is 0 Å². The van der Waals surface area contributed by atoms with Gasteiger partial charge in [0.15, 0.2) is 0 Å². The molecular weight excluding hydrogens is 234 g/mol. The quantitative estimate of drug-likeness (QED) is 0.650. The Morgan fingerprint density at radius 3 is 2.31 bits per heavy atom. The van der Waals surface area contributed by atoms with Crippen LogP contribution in [-0.4, -0.2) is 55.9 Å². The summed E-state index contributed by atoms with van der Waals surface area (Å²) in [5.41, 5.74) is -0.880. The molecule has 0 bridgehead atoms. The summed E-state index contributed by atoms with van der Waals surface area (Å²) >= 11 is 0. The lowest BCUT2D eigenvalue weighted by Gasteiger charge is -2.32. The zero-order valence-electron chi connectivity index (χ0n) is 10.1. The molecule has 1 N–H and O–H groups in total. The van der Waals surface area contributed by atoms with Crippen LogP contribution in [0.1, 0.15) is 20.3 Å². The molecule has 0 spiro atoms. The largest absolute Gasteiger partial charge is 0.469 e. The Bertz CT molecular complexity index is 336. The first kappa shape index (κ1) is 15.3. The van der Waals surface area contributed by atoms with Crippen LogP contribution in [0.15, 0.2) is 0 Å². The van der Waals surface area contributed by atoms with Crippen LogP contribution in [0.3, 0.4) is 0 Å². The van der Waals surface area contributed by atoms with Crippen LogP contribution in [0, 0.1) is 0 Å². The fourth-order valence-electron chi connectivity index (χ4n) is 0.927. The van der Waals surface area contributed by atoms with Gasteiger partial charge in [0.25, 0.3) is 0 Å². The third kappa shape index (κ3) is 4.07. The van der Waals surface area contributed by atoms with Crippen molar-refractivity contribution in [1.82, 2.24) is 4.31 Å². The fourth-order valence-corrected chi connectivity index (χ4v) is 2.44. The minimum atomic E-state index is -3.56. The van der Waals surface area contributed by atoms with Crippen LogP contribution >= 0.6 is 0 Å². The highest BCUT2D eigenvalue weighted by Crippen LogP contribution is 2.16. The lowest BCUT2D eigenvalue weighted by atomic mass is 10.1.